The number of rotatable bonds is 6. The standard InChI is InChI=1S/C27H29ClN8/c1-27(2)15-29-7-6-22(27)35-26-24-20(16-3-4-16)13-31-14-21(24)34-25(36-26)17-5-8-32-23(9-17)33-19-10-18(28)11-30-12-19/h5,8-14,16,22,29H,3-4,6-7,15H2,1-2H3,(H,32,33)(H,34,35,36). The summed E-state index contributed by atoms with van der Waals surface area (Å²) in [6.07, 6.45) is 12.3. The summed E-state index contributed by atoms with van der Waals surface area (Å²) in [6.45, 7) is 6.56. The quantitative estimate of drug-likeness (QED) is 0.316. The first kappa shape index (κ1) is 23.1. The fourth-order valence-corrected chi connectivity index (χ4v) is 5.09. The van der Waals surface area contributed by atoms with E-state index < -0.39 is 0 Å². The molecule has 6 rings (SSSR count). The minimum absolute atomic E-state index is 0.0984. The van der Waals surface area contributed by atoms with Crippen molar-refractivity contribution in [2.24, 2.45) is 5.41 Å². The molecule has 36 heavy (non-hydrogen) atoms. The van der Waals surface area contributed by atoms with Crippen molar-refractivity contribution in [2.45, 2.75) is 45.1 Å². The third-order valence-electron chi connectivity index (χ3n) is 7.09. The van der Waals surface area contributed by atoms with Gasteiger partial charge in [0.2, 0.25) is 0 Å². The van der Waals surface area contributed by atoms with E-state index in [1.165, 1.54) is 18.4 Å². The molecule has 0 amide bonds. The van der Waals surface area contributed by atoms with Gasteiger partial charge in [-0.15, -0.1) is 0 Å². The average Bonchev–Trinajstić information content (AvgIpc) is 3.70. The van der Waals surface area contributed by atoms with Gasteiger partial charge in [0.15, 0.2) is 5.82 Å². The Kier molecular flexibility index (Phi) is 5.93. The average molecular weight is 501 g/mol. The van der Waals surface area contributed by atoms with Crippen LogP contribution >= 0.6 is 11.6 Å². The molecular weight excluding hydrogens is 472 g/mol. The Balaban J connectivity index is 1.42. The van der Waals surface area contributed by atoms with Crippen LogP contribution in [0.25, 0.3) is 22.3 Å². The van der Waals surface area contributed by atoms with E-state index in [1.807, 2.05) is 30.6 Å². The van der Waals surface area contributed by atoms with Gasteiger partial charge in [0.05, 0.1) is 28.6 Å². The Labute approximate surface area is 215 Å². The second-order valence-corrected chi connectivity index (χ2v) is 10.8. The summed E-state index contributed by atoms with van der Waals surface area (Å²) in [5.74, 6) is 2.74. The molecule has 1 unspecified atom stereocenters. The molecule has 0 aromatic carbocycles. The molecule has 4 aromatic rings. The lowest BCUT2D eigenvalue weighted by molar-refractivity contribution is 0.236. The van der Waals surface area contributed by atoms with Crippen molar-refractivity contribution < 1.29 is 0 Å². The molecule has 1 saturated carbocycles. The van der Waals surface area contributed by atoms with Crippen LogP contribution in [0.3, 0.4) is 0 Å². The Bertz CT molecular complexity index is 1420. The molecule has 184 valence electrons. The normalized spacial score (nSPS) is 19.2. The van der Waals surface area contributed by atoms with Crippen molar-refractivity contribution in [3.8, 4) is 11.4 Å². The second-order valence-electron chi connectivity index (χ2n) is 10.4. The van der Waals surface area contributed by atoms with Crippen LogP contribution in [0.15, 0.2) is 49.2 Å². The highest BCUT2D eigenvalue weighted by molar-refractivity contribution is 6.30. The zero-order chi connectivity index (χ0) is 24.7. The maximum absolute atomic E-state index is 6.09. The Morgan fingerprint density at radius 2 is 1.89 bits per heavy atom. The number of hydrogen-bond donors (Lipinski definition) is 3. The van der Waals surface area contributed by atoms with E-state index >= 15 is 0 Å². The van der Waals surface area contributed by atoms with Crippen LogP contribution in [0.2, 0.25) is 5.02 Å². The Hall–Kier alpha value is -3.36. The molecule has 1 aliphatic carbocycles. The summed E-state index contributed by atoms with van der Waals surface area (Å²) >= 11 is 6.09. The van der Waals surface area contributed by atoms with E-state index in [0.717, 1.165) is 47.5 Å². The number of pyridine rings is 3. The van der Waals surface area contributed by atoms with Gasteiger partial charge < -0.3 is 16.0 Å². The summed E-state index contributed by atoms with van der Waals surface area (Å²) in [5.41, 5.74) is 3.85. The highest BCUT2D eigenvalue weighted by atomic mass is 35.5. The van der Waals surface area contributed by atoms with E-state index in [0.29, 0.717) is 28.6 Å². The lowest BCUT2D eigenvalue weighted by atomic mass is 9.80. The van der Waals surface area contributed by atoms with Gasteiger partial charge in [-0.3, -0.25) is 9.97 Å². The molecule has 9 heteroatoms. The van der Waals surface area contributed by atoms with Gasteiger partial charge in [-0.25, -0.2) is 15.0 Å². The summed E-state index contributed by atoms with van der Waals surface area (Å²) in [6, 6.07) is 5.98. The molecule has 4 aromatic heterocycles. The highest BCUT2D eigenvalue weighted by Gasteiger charge is 2.34. The predicted octanol–water partition coefficient (Wildman–Crippen LogP) is 5.56. The number of hydrogen-bond acceptors (Lipinski definition) is 8. The number of aromatic nitrogens is 5. The lowest BCUT2D eigenvalue weighted by Crippen LogP contribution is -2.49. The Morgan fingerprint density at radius 1 is 1.03 bits per heavy atom. The molecule has 0 radical (unpaired) electrons. The van der Waals surface area contributed by atoms with E-state index in [1.54, 1.807) is 18.6 Å². The summed E-state index contributed by atoms with van der Waals surface area (Å²) < 4.78 is 0. The zero-order valence-corrected chi connectivity index (χ0v) is 21.2. The van der Waals surface area contributed by atoms with E-state index in [9.17, 15) is 0 Å². The van der Waals surface area contributed by atoms with Crippen molar-refractivity contribution in [3.05, 3.63) is 59.8 Å². The largest absolute Gasteiger partial charge is 0.366 e. The van der Waals surface area contributed by atoms with E-state index in [2.05, 4.69) is 44.7 Å². The zero-order valence-electron chi connectivity index (χ0n) is 20.4. The third kappa shape index (κ3) is 4.70. The maximum Gasteiger partial charge on any atom is 0.162 e. The molecule has 1 aliphatic heterocycles. The molecule has 0 spiro atoms. The number of nitrogens with one attached hydrogen (secondary N) is 3. The second kappa shape index (κ2) is 9.26. The number of fused-ring (bicyclic) bond motifs is 1. The number of anilines is 3. The van der Waals surface area contributed by atoms with Crippen LogP contribution in [0.1, 0.15) is 44.6 Å². The van der Waals surface area contributed by atoms with Crippen LogP contribution in [-0.4, -0.2) is 44.1 Å². The van der Waals surface area contributed by atoms with Crippen LogP contribution < -0.4 is 16.0 Å². The molecule has 1 atom stereocenters. The van der Waals surface area contributed by atoms with Gasteiger partial charge in [0.25, 0.3) is 0 Å². The van der Waals surface area contributed by atoms with Gasteiger partial charge in [-0.2, -0.15) is 0 Å². The van der Waals surface area contributed by atoms with Gasteiger partial charge in [0, 0.05) is 42.1 Å². The van der Waals surface area contributed by atoms with Crippen molar-refractivity contribution in [1.29, 1.82) is 0 Å². The smallest absolute Gasteiger partial charge is 0.162 e. The fourth-order valence-electron chi connectivity index (χ4n) is 4.92. The summed E-state index contributed by atoms with van der Waals surface area (Å²) in [7, 11) is 0. The van der Waals surface area contributed by atoms with Crippen molar-refractivity contribution in [3.63, 3.8) is 0 Å². The third-order valence-corrected chi connectivity index (χ3v) is 7.30. The summed E-state index contributed by atoms with van der Waals surface area (Å²) in [5, 5.41) is 12.3. The van der Waals surface area contributed by atoms with Gasteiger partial charge in [-0.05, 0) is 60.9 Å². The topological polar surface area (TPSA) is 101 Å². The molecule has 1 saturated heterocycles. The van der Waals surface area contributed by atoms with Gasteiger partial charge >= 0.3 is 0 Å². The van der Waals surface area contributed by atoms with Crippen molar-refractivity contribution in [1.82, 2.24) is 30.2 Å². The SMILES string of the molecule is CC1(C)CNCCC1Nc1nc(-c2ccnc(Nc3cncc(Cl)c3)c2)nc2cncc(C3CC3)c12. The molecule has 8 nitrogen and oxygen atoms in total. The highest BCUT2D eigenvalue weighted by Crippen LogP contribution is 2.44. The van der Waals surface area contributed by atoms with Crippen LogP contribution in [0.5, 0.6) is 0 Å². The summed E-state index contributed by atoms with van der Waals surface area (Å²) in [4.78, 5) is 23.2. The molecular formula is C27H29ClN8. The molecule has 5 heterocycles. The lowest BCUT2D eigenvalue weighted by Gasteiger charge is -2.40. The van der Waals surface area contributed by atoms with Gasteiger partial charge in [0.1, 0.15) is 11.6 Å². The number of piperidine rings is 1. The van der Waals surface area contributed by atoms with Crippen LogP contribution in [-0.2, 0) is 0 Å². The first-order chi connectivity index (χ1) is 17.5. The van der Waals surface area contributed by atoms with Crippen molar-refractivity contribution >= 4 is 39.8 Å². The molecule has 2 fully saturated rings. The van der Waals surface area contributed by atoms with E-state index in [4.69, 9.17) is 21.6 Å². The minimum Gasteiger partial charge on any atom is -0.366 e. The first-order valence-electron chi connectivity index (χ1n) is 12.4. The van der Waals surface area contributed by atoms with Gasteiger partial charge in [-0.1, -0.05) is 25.4 Å². The number of nitrogens with zero attached hydrogens (tertiary/aromatic N) is 5. The minimum atomic E-state index is 0.0984. The Morgan fingerprint density at radius 3 is 2.69 bits per heavy atom. The molecule has 3 N–H and O–H groups in total. The molecule has 0 bridgehead atoms. The number of halogens is 1. The fraction of sp³-hybridized carbons (Fsp3) is 0.370. The van der Waals surface area contributed by atoms with Crippen LogP contribution in [0.4, 0.5) is 17.3 Å². The van der Waals surface area contributed by atoms with Crippen LogP contribution in [0, 0.1) is 5.41 Å². The maximum atomic E-state index is 6.09. The first-order valence-corrected chi connectivity index (χ1v) is 12.8. The molecule has 2 aliphatic rings. The van der Waals surface area contributed by atoms with E-state index in [-0.39, 0.29) is 5.41 Å². The monoisotopic (exact) mass is 500 g/mol. The predicted molar refractivity (Wildman–Crippen MR) is 144 cm³/mol. The van der Waals surface area contributed by atoms with Crippen molar-refractivity contribution in [2.75, 3.05) is 23.7 Å².